The number of esters is 1. The first-order valence-corrected chi connectivity index (χ1v) is 3.27. The Labute approximate surface area is 66.9 Å². The Morgan fingerprint density at radius 2 is 2.27 bits per heavy atom. The molecule has 0 atom stereocenters. The van der Waals surface area contributed by atoms with Gasteiger partial charge in [0.2, 0.25) is 0 Å². The van der Waals surface area contributed by atoms with E-state index in [2.05, 4.69) is 17.9 Å². The van der Waals surface area contributed by atoms with Crippen LogP contribution in [0.2, 0.25) is 0 Å². The quantitative estimate of drug-likeness (QED) is 0.454. The summed E-state index contributed by atoms with van der Waals surface area (Å²) < 4.78 is 4.68. The van der Waals surface area contributed by atoms with E-state index in [1.165, 1.54) is 6.92 Å². The topological polar surface area (TPSA) is 26.3 Å². The van der Waals surface area contributed by atoms with E-state index >= 15 is 0 Å². The average Bonchev–Trinajstić information content (AvgIpc) is 1.97. The molecule has 0 aromatic carbocycles. The van der Waals surface area contributed by atoms with Gasteiger partial charge in [0.05, 0.1) is 0 Å². The van der Waals surface area contributed by atoms with Crippen LogP contribution < -0.4 is 0 Å². The number of ether oxygens (including phenoxy) is 1. The number of carbonyl (C=O) groups excluding carboxylic acids is 1. The molecule has 0 rings (SSSR count). The maximum absolute atomic E-state index is 10.3. The van der Waals surface area contributed by atoms with E-state index in [0.717, 1.165) is 5.57 Å². The van der Waals surface area contributed by atoms with E-state index in [4.69, 9.17) is 0 Å². The summed E-state index contributed by atoms with van der Waals surface area (Å²) in [6.45, 7) is 8.76. The van der Waals surface area contributed by atoms with Gasteiger partial charge < -0.3 is 4.74 Å². The normalized spacial score (nSPS) is 9.55. The molecule has 0 unspecified atom stereocenters. The number of allylic oxidation sites excluding steroid dienone is 2. The van der Waals surface area contributed by atoms with Gasteiger partial charge in [0.1, 0.15) is 6.61 Å². The van der Waals surface area contributed by atoms with Crippen LogP contribution in [0.4, 0.5) is 0 Å². The first-order chi connectivity index (χ1) is 5.16. The predicted molar refractivity (Wildman–Crippen MR) is 45.1 cm³/mol. The van der Waals surface area contributed by atoms with E-state index in [-0.39, 0.29) is 12.6 Å². The van der Waals surface area contributed by atoms with Crippen LogP contribution in [0.1, 0.15) is 6.92 Å². The third kappa shape index (κ3) is 6.58. The number of hydrogen-bond acceptors (Lipinski definition) is 2. The van der Waals surface area contributed by atoms with Gasteiger partial charge in [0.25, 0.3) is 0 Å². The molecule has 0 aromatic heterocycles. The molecule has 0 bridgehead atoms. The van der Waals surface area contributed by atoms with E-state index in [1.54, 1.807) is 18.2 Å². The Morgan fingerprint density at radius 1 is 1.64 bits per heavy atom. The summed E-state index contributed by atoms with van der Waals surface area (Å²) in [6, 6.07) is 0. The highest BCUT2D eigenvalue weighted by Crippen LogP contribution is 1.94. The van der Waals surface area contributed by atoms with Crippen LogP contribution in [0.5, 0.6) is 0 Å². The minimum absolute atomic E-state index is 0.250. The summed E-state index contributed by atoms with van der Waals surface area (Å²) in [5.74, 6) is -0.293. The minimum atomic E-state index is -0.293. The molecular formula is C9H12O2. The summed E-state index contributed by atoms with van der Waals surface area (Å²) in [4.78, 5) is 10.3. The molecule has 11 heavy (non-hydrogen) atoms. The molecule has 2 nitrogen and oxygen atoms in total. The molecule has 0 spiro atoms. The lowest BCUT2D eigenvalue weighted by molar-refractivity contribution is -0.139. The molecular weight excluding hydrogens is 140 g/mol. The number of hydrogen-bond donors (Lipinski definition) is 0. The zero-order valence-corrected chi connectivity index (χ0v) is 6.67. The molecule has 0 aliphatic carbocycles. The Morgan fingerprint density at radius 3 is 2.73 bits per heavy atom. The summed E-state index contributed by atoms with van der Waals surface area (Å²) >= 11 is 0. The predicted octanol–water partition coefficient (Wildman–Crippen LogP) is 1.85. The summed E-state index contributed by atoms with van der Waals surface area (Å²) in [6.07, 6.45) is 5.13. The van der Waals surface area contributed by atoms with Crippen molar-refractivity contribution in [3.05, 3.63) is 37.0 Å². The lowest BCUT2D eigenvalue weighted by Crippen LogP contribution is -2.00. The Hall–Kier alpha value is -1.31. The van der Waals surface area contributed by atoms with Gasteiger partial charge >= 0.3 is 5.97 Å². The van der Waals surface area contributed by atoms with E-state index in [9.17, 15) is 4.79 Å². The first kappa shape index (κ1) is 9.69. The lowest BCUT2D eigenvalue weighted by atomic mass is 10.3. The largest absolute Gasteiger partial charge is 0.461 e. The van der Waals surface area contributed by atoms with Gasteiger partial charge in [-0.25, -0.2) is 0 Å². The van der Waals surface area contributed by atoms with Crippen LogP contribution in [0.25, 0.3) is 0 Å². The van der Waals surface area contributed by atoms with Gasteiger partial charge in [0.15, 0.2) is 0 Å². The summed E-state index contributed by atoms with van der Waals surface area (Å²) in [5, 5.41) is 0. The van der Waals surface area contributed by atoms with Crippen molar-refractivity contribution in [2.75, 3.05) is 6.61 Å². The van der Waals surface area contributed by atoms with Crippen molar-refractivity contribution in [1.29, 1.82) is 0 Å². The second-order valence-electron chi connectivity index (χ2n) is 2.03. The fourth-order valence-corrected chi connectivity index (χ4v) is 0.447. The second-order valence-corrected chi connectivity index (χ2v) is 2.03. The van der Waals surface area contributed by atoms with E-state index in [1.807, 2.05) is 0 Å². The summed E-state index contributed by atoms with van der Waals surface area (Å²) in [7, 11) is 0. The standard InChI is InChI=1S/C9H12O2/c1-4-5-6-8(2)7-11-9(3)10/h4-6H,1-2,7H2,3H3/b6-5-. The maximum Gasteiger partial charge on any atom is 0.302 e. The molecule has 0 N–H and O–H groups in total. The summed E-state index contributed by atoms with van der Waals surface area (Å²) in [5.41, 5.74) is 0.750. The Bertz CT molecular complexity index is 190. The SMILES string of the molecule is C=C/C=C\C(=C)COC(C)=O. The lowest BCUT2D eigenvalue weighted by Gasteiger charge is -1.99. The number of rotatable bonds is 4. The molecule has 0 amide bonds. The van der Waals surface area contributed by atoms with Crippen LogP contribution in [0.15, 0.2) is 37.0 Å². The van der Waals surface area contributed by atoms with Crippen LogP contribution >= 0.6 is 0 Å². The number of carbonyl (C=O) groups is 1. The average molecular weight is 152 g/mol. The third-order valence-electron chi connectivity index (χ3n) is 0.929. The smallest absolute Gasteiger partial charge is 0.302 e. The molecule has 0 saturated heterocycles. The van der Waals surface area contributed by atoms with Crippen molar-refractivity contribution < 1.29 is 9.53 Å². The zero-order chi connectivity index (χ0) is 8.69. The van der Waals surface area contributed by atoms with Crippen molar-refractivity contribution in [3.63, 3.8) is 0 Å². The van der Waals surface area contributed by atoms with Crippen LogP contribution in [-0.4, -0.2) is 12.6 Å². The van der Waals surface area contributed by atoms with Crippen molar-refractivity contribution in [1.82, 2.24) is 0 Å². The Kier molecular flexibility index (Phi) is 4.82. The Balaban J connectivity index is 3.61. The minimum Gasteiger partial charge on any atom is -0.461 e. The first-order valence-electron chi connectivity index (χ1n) is 3.27. The highest BCUT2D eigenvalue weighted by molar-refractivity contribution is 5.66. The van der Waals surface area contributed by atoms with Crippen molar-refractivity contribution in [2.24, 2.45) is 0 Å². The van der Waals surface area contributed by atoms with Gasteiger partial charge in [-0.05, 0) is 5.57 Å². The van der Waals surface area contributed by atoms with Crippen molar-refractivity contribution in [2.45, 2.75) is 6.92 Å². The van der Waals surface area contributed by atoms with Crippen LogP contribution in [0.3, 0.4) is 0 Å². The second kappa shape index (κ2) is 5.47. The van der Waals surface area contributed by atoms with Gasteiger partial charge in [-0.15, -0.1) is 0 Å². The molecule has 60 valence electrons. The van der Waals surface area contributed by atoms with Gasteiger partial charge in [-0.1, -0.05) is 31.4 Å². The highest BCUT2D eigenvalue weighted by Gasteiger charge is 1.91. The maximum atomic E-state index is 10.3. The zero-order valence-electron chi connectivity index (χ0n) is 6.67. The van der Waals surface area contributed by atoms with Gasteiger partial charge in [-0.3, -0.25) is 4.79 Å². The fourth-order valence-electron chi connectivity index (χ4n) is 0.447. The monoisotopic (exact) mass is 152 g/mol. The third-order valence-corrected chi connectivity index (χ3v) is 0.929. The highest BCUT2D eigenvalue weighted by atomic mass is 16.5. The van der Waals surface area contributed by atoms with Gasteiger partial charge in [0, 0.05) is 6.92 Å². The molecule has 0 aromatic rings. The van der Waals surface area contributed by atoms with Gasteiger partial charge in [-0.2, -0.15) is 0 Å². The molecule has 0 heterocycles. The molecule has 2 heteroatoms. The van der Waals surface area contributed by atoms with Crippen LogP contribution in [0, 0.1) is 0 Å². The molecule has 0 radical (unpaired) electrons. The molecule has 0 saturated carbocycles. The van der Waals surface area contributed by atoms with E-state index in [0.29, 0.717) is 0 Å². The molecule has 0 fully saturated rings. The molecule has 0 aliphatic heterocycles. The van der Waals surface area contributed by atoms with E-state index < -0.39 is 0 Å². The fraction of sp³-hybridized carbons (Fsp3) is 0.222. The van der Waals surface area contributed by atoms with Crippen LogP contribution in [-0.2, 0) is 9.53 Å². The van der Waals surface area contributed by atoms with Crippen molar-refractivity contribution in [3.8, 4) is 0 Å². The van der Waals surface area contributed by atoms with Crippen molar-refractivity contribution >= 4 is 5.97 Å². The molecule has 0 aliphatic rings.